The van der Waals surface area contributed by atoms with Crippen molar-refractivity contribution < 1.29 is 4.74 Å². The smallest absolute Gasteiger partial charge is 0.120 e. The number of rotatable bonds is 7. The lowest BCUT2D eigenvalue weighted by atomic mass is 9.98. The first kappa shape index (κ1) is 16.0. The third kappa shape index (κ3) is 5.65. The molecule has 108 valence electrons. The van der Waals surface area contributed by atoms with Crippen molar-refractivity contribution in [2.75, 3.05) is 13.1 Å². The van der Waals surface area contributed by atoms with Gasteiger partial charge >= 0.3 is 0 Å². The number of hydrogen-bond acceptors (Lipinski definition) is 2. The molecule has 1 aromatic rings. The monoisotopic (exact) mass is 263 g/mol. The molecule has 0 aliphatic heterocycles. The Morgan fingerprint density at radius 2 is 1.74 bits per heavy atom. The Balaban J connectivity index is 2.50. The largest absolute Gasteiger partial charge is 0.489 e. The minimum absolute atomic E-state index is 0.197. The van der Waals surface area contributed by atoms with Gasteiger partial charge in [-0.2, -0.15) is 0 Å². The second kappa shape index (κ2) is 7.54. The summed E-state index contributed by atoms with van der Waals surface area (Å²) in [5, 5.41) is 3.42. The van der Waals surface area contributed by atoms with Crippen molar-refractivity contribution in [1.82, 2.24) is 5.32 Å². The first-order valence-electron chi connectivity index (χ1n) is 7.38. The summed E-state index contributed by atoms with van der Waals surface area (Å²) in [6, 6.07) is 6.42. The van der Waals surface area contributed by atoms with E-state index in [2.05, 4.69) is 65.1 Å². The topological polar surface area (TPSA) is 21.3 Å². The zero-order valence-electron chi connectivity index (χ0n) is 13.3. The molecule has 0 amide bonds. The number of ether oxygens (including phenoxy) is 1. The summed E-state index contributed by atoms with van der Waals surface area (Å²) < 4.78 is 5.95. The van der Waals surface area contributed by atoms with Gasteiger partial charge in [-0.1, -0.05) is 33.8 Å². The fourth-order valence-corrected chi connectivity index (χ4v) is 2.22. The van der Waals surface area contributed by atoms with E-state index in [0.29, 0.717) is 11.8 Å². The summed E-state index contributed by atoms with van der Waals surface area (Å²) in [5.41, 5.74) is 2.72. The van der Waals surface area contributed by atoms with Crippen LogP contribution in [0.2, 0.25) is 0 Å². The molecule has 0 radical (unpaired) electrons. The van der Waals surface area contributed by atoms with Crippen LogP contribution in [-0.4, -0.2) is 19.2 Å². The Bertz CT molecular complexity index is 385. The highest BCUT2D eigenvalue weighted by atomic mass is 16.5. The molecular weight excluding hydrogens is 234 g/mol. The van der Waals surface area contributed by atoms with E-state index in [-0.39, 0.29) is 6.10 Å². The molecule has 2 heteroatoms. The van der Waals surface area contributed by atoms with Crippen molar-refractivity contribution in [3.8, 4) is 5.75 Å². The Morgan fingerprint density at radius 1 is 1.05 bits per heavy atom. The van der Waals surface area contributed by atoms with E-state index in [1.54, 1.807) is 0 Å². The van der Waals surface area contributed by atoms with Crippen LogP contribution in [0, 0.1) is 12.8 Å². The molecule has 0 fully saturated rings. The molecule has 19 heavy (non-hydrogen) atoms. The van der Waals surface area contributed by atoms with E-state index in [1.807, 2.05) is 0 Å². The Kier molecular flexibility index (Phi) is 6.36. The van der Waals surface area contributed by atoms with Gasteiger partial charge < -0.3 is 10.1 Å². The number of nitrogens with one attached hydrogen (secondary N) is 1. The lowest BCUT2D eigenvalue weighted by Gasteiger charge is -2.18. The Labute approximate surface area is 118 Å². The second-order valence-electron chi connectivity index (χ2n) is 6.15. The van der Waals surface area contributed by atoms with Gasteiger partial charge in [0.15, 0.2) is 0 Å². The standard InChI is InChI=1S/C17H29NO/c1-12(2)10-18-11-15(6)19-16-7-8-17(13(3)4)14(5)9-16/h7-9,12-13,15,18H,10-11H2,1-6H3. The maximum Gasteiger partial charge on any atom is 0.120 e. The lowest BCUT2D eigenvalue weighted by Crippen LogP contribution is -2.31. The fraction of sp³-hybridized carbons (Fsp3) is 0.647. The van der Waals surface area contributed by atoms with Gasteiger partial charge in [-0.15, -0.1) is 0 Å². The molecule has 1 atom stereocenters. The molecule has 0 bridgehead atoms. The van der Waals surface area contributed by atoms with Gasteiger partial charge in [-0.05, 0) is 55.5 Å². The van der Waals surface area contributed by atoms with Crippen LogP contribution < -0.4 is 10.1 Å². The maximum atomic E-state index is 5.95. The maximum absolute atomic E-state index is 5.95. The third-order valence-electron chi connectivity index (χ3n) is 3.18. The predicted molar refractivity (Wildman–Crippen MR) is 83.1 cm³/mol. The highest BCUT2D eigenvalue weighted by molar-refractivity contribution is 5.36. The van der Waals surface area contributed by atoms with Gasteiger partial charge in [-0.3, -0.25) is 0 Å². The molecule has 0 saturated carbocycles. The zero-order valence-corrected chi connectivity index (χ0v) is 13.3. The van der Waals surface area contributed by atoms with Crippen LogP contribution in [0.15, 0.2) is 18.2 Å². The minimum Gasteiger partial charge on any atom is -0.489 e. The van der Waals surface area contributed by atoms with Crippen molar-refractivity contribution >= 4 is 0 Å². The average Bonchev–Trinajstić information content (AvgIpc) is 2.27. The number of benzene rings is 1. The van der Waals surface area contributed by atoms with E-state index in [0.717, 1.165) is 18.8 Å². The van der Waals surface area contributed by atoms with Crippen molar-refractivity contribution in [2.45, 2.75) is 53.6 Å². The van der Waals surface area contributed by atoms with Crippen molar-refractivity contribution in [1.29, 1.82) is 0 Å². The fourth-order valence-electron chi connectivity index (χ4n) is 2.22. The summed E-state index contributed by atoms with van der Waals surface area (Å²) in [4.78, 5) is 0. The van der Waals surface area contributed by atoms with Crippen LogP contribution in [0.5, 0.6) is 5.75 Å². The van der Waals surface area contributed by atoms with E-state index in [1.165, 1.54) is 11.1 Å². The molecule has 0 saturated heterocycles. The van der Waals surface area contributed by atoms with Crippen LogP contribution >= 0.6 is 0 Å². The third-order valence-corrected chi connectivity index (χ3v) is 3.18. The van der Waals surface area contributed by atoms with Crippen LogP contribution in [-0.2, 0) is 0 Å². The van der Waals surface area contributed by atoms with Gasteiger partial charge in [0.1, 0.15) is 11.9 Å². The van der Waals surface area contributed by atoms with E-state index in [9.17, 15) is 0 Å². The first-order valence-corrected chi connectivity index (χ1v) is 7.38. The average molecular weight is 263 g/mol. The zero-order chi connectivity index (χ0) is 14.4. The summed E-state index contributed by atoms with van der Waals surface area (Å²) in [5.74, 6) is 2.22. The SMILES string of the molecule is Cc1cc(OC(C)CNCC(C)C)ccc1C(C)C. The first-order chi connectivity index (χ1) is 8.90. The molecule has 1 aromatic carbocycles. The highest BCUT2D eigenvalue weighted by Crippen LogP contribution is 2.23. The highest BCUT2D eigenvalue weighted by Gasteiger charge is 2.07. The van der Waals surface area contributed by atoms with Gasteiger partial charge in [0.05, 0.1) is 0 Å². The summed E-state index contributed by atoms with van der Waals surface area (Å²) in [6.45, 7) is 15.1. The second-order valence-corrected chi connectivity index (χ2v) is 6.15. The Morgan fingerprint density at radius 3 is 2.26 bits per heavy atom. The molecule has 0 spiro atoms. The molecule has 1 rings (SSSR count). The number of aryl methyl sites for hydroxylation is 1. The molecule has 1 N–H and O–H groups in total. The molecule has 2 nitrogen and oxygen atoms in total. The molecule has 0 aliphatic carbocycles. The van der Waals surface area contributed by atoms with Crippen LogP contribution in [0.25, 0.3) is 0 Å². The lowest BCUT2D eigenvalue weighted by molar-refractivity contribution is 0.215. The molecule has 0 aliphatic rings. The molecule has 0 heterocycles. The minimum atomic E-state index is 0.197. The van der Waals surface area contributed by atoms with Crippen molar-refractivity contribution in [2.24, 2.45) is 5.92 Å². The van der Waals surface area contributed by atoms with Gasteiger partial charge in [0.2, 0.25) is 0 Å². The van der Waals surface area contributed by atoms with Crippen LogP contribution in [0.1, 0.15) is 51.7 Å². The van der Waals surface area contributed by atoms with E-state index in [4.69, 9.17) is 4.74 Å². The van der Waals surface area contributed by atoms with Crippen LogP contribution in [0.4, 0.5) is 0 Å². The van der Waals surface area contributed by atoms with Crippen molar-refractivity contribution in [3.63, 3.8) is 0 Å². The predicted octanol–water partition coefficient (Wildman–Crippen LogP) is 4.13. The number of hydrogen-bond donors (Lipinski definition) is 1. The Hall–Kier alpha value is -1.02. The summed E-state index contributed by atoms with van der Waals surface area (Å²) in [6.07, 6.45) is 0.197. The van der Waals surface area contributed by atoms with E-state index >= 15 is 0 Å². The van der Waals surface area contributed by atoms with Gasteiger partial charge in [-0.25, -0.2) is 0 Å². The molecular formula is C17H29NO. The molecule has 0 aromatic heterocycles. The quantitative estimate of drug-likeness (QED) is 0.798. The summed E-state index contributed by atoms with van der Waals surface area (Å²) in [7, 11) is 0. The normalized spacial score (nSPS) is 13.1. The van der Waals surface area contributed by atoms with Crippen LogP contribution in [0.3, 0.4) is 0 Å². The molecule has 1 unspecified atom stereocenters. The summed E-state index contributed by atoms with van der Waals surface area (Å²) >= 11 is 0. The van der Waals surface area contributed by atoms with Crippen molar-refractivity contribution in [3.05, 3.63) is 29.3 Å². The van der Waals surface area contributed by atoms with Gasteiger partial charge in [0.25, 0.3) is 0 Å². The van der Waals surface area contributed by atoms with Gasteiger partial charge in [0, 0.05) is 6.54 Å². The van der Waals surface area contributed by atoms with E-state index < -0.39 is 0 Å².